The van der Waals surface area contributed by atoms with E-state index in [1.54, 1.807) is 19.2 Å². The van der Waals surface area contributed by atoms with Crippen LogP contribution in [0.25, 0.3) is 0 Å². The molecule has 0 atom stereocenters. The molecule has 0 unspecified atom stereocenters. The number of pyridine rings is 1. The number of nitrogen functional groups attached to an aromatic ring is 1. The van der Waals surface area contributed by atoms with Gasteiger partial charge in [0.1, 0.15) is 5.82 Å². The number of hydrogen-bond acceptors (Lipinski definition) is 2. The van der Waals surface area contributed by atoms with Gasteiger partial charge in [-0.15, -0.1) is 0 Å². The second-order valence-corrected chi connectivity index (χ2v) is 4.45. The van der Waals surface area contributed by atoms with Crippen molar-refractivity contribution in [3.05, 3.63) is 63.3 Å². The Kier molecular flexibility index (Phi) is 3.19. The van der Waals surface area contributed by atoms with Gasteiger partial charge in [0.25, 0.3) is 5.56 Å². The number of anilines is 1. The third-order valence-corrected chi connectivity index (χ3v) is 3.03. The Labute approximate surface area is 105 Å². The van der Waals surface area contributed by atoms with Gasteiger partial charge in [-0.3, -0.25) is 4.79 Å². The lowest BCUT2D eigenvalue weighted by molar-refractivity contribution is 0.622. The maximum atomic E-state index is 13.2. The summed E-state index contributed by atoms with van der Waals surface area (Å²) in [6.07, 6.45) is 1.60. The second-order valence-electron chi connectivity index (χ2n) is 4.45. The smallest absolute Gasteiger partial charge is 0.251 e. The normalized spacial score (nSPS) is 10.6. The molecular weight excluding hydrogens is 231 g/mol. The van der Waals surface area contributed by atoms with E-state index in [0.29, 0.717) is 12.2 Å². The van der Waals surface area contributed by atoms with Crippen molar-refractivity contribution in [1.29, 1.82) is 0 Å². The predicted octanol–water partition coefficient (Wildman–Crippen LogP) is 2.23. The number of nitrogens with two attached hydrogens (primary N) is 1. The van der Waals surface area contributed by atoms with E-state index in [2.05, 4.69) is 0 Å². The summed E-state index contributed by atoms with van der Waals surface area (Å²) in [7, 11) is 0. The van der Waals surface area contributed by atoms with Crippen LogP contribution in [0, 0.1) is 19.7 Å². The monoisotopic (exact) mass is 246 g/mol. The zero-order chi connectivity index (χ0) is 13.3. The second kappa shape index (κ2) is 4.64. The van der Waals surface area contributed by atoms with E-state index >= 15 is 0 Å². The quantitative estimate of drug-likeness (QED) is 0.883. The van der Waals surface area contributed by atoms with Gasteiger partial charge in [-0.2, -0.15) is 0 Å². The molecule has 1 heterocycles. The highest BCUT2D eigenvalue weighted by Gasteiger charge is 2.05. The van der Waals surface area contributed by atoms with Crippen LogP contribution in [0.5, 0.6) is 0 Å². The van der Waals surface area contributed by atoms with Gasteiger partial charge in [-0.1, -0.05) is 6.07 Å². The molecular formula is C14H15FN2O. The summed E-state index contributed by atoms with van der Waals surface area (Å²) in [5.74, 6) is -0.302. The van der Waals surface area contributed by atoms with Crippen molar-refractivity contribution >= 4 is 5.69 Å². The van der Waals surface area contributed by atoms with E-state index in [1.807, 2.05) is 6.92 Å². The molecule has 0 spiro atoms. The summed E-state index contributed by atoms with van der Waals surface area (Å²) in [6.45, 7) is 4.00. The van der Waals surface area contributed by atoms with Gasteiger partial charge < -0.3 is 10.3 Å². The fourth-order valence-corrected chi connectivity index (χ4v) is 1.80. The Morgan fingerprint density at radius 2 is 1.94 bits per heavy atom. The number of aromatic nitrogens is 1. The Balaban J connectivity index is 2.43. The molecule has 94 valence electrons. The van der Waals surface area contributed by atoms with Gasteiger partial charge >= 0.3 is 0 Å². The first kappa shape index (κ1) is 12.4. The molecule has 2 rings (SSSR count). The SMILES string of the molecule is Cc1cc(=O)n(Cc2cc(F)ccc2C)cc1N. The van der Waals surface area contributed by atoms with Crippen LogP contribution < -0.4 is 11.3 Å². The molecule has 18 heavy (non-hydrogen) atoms. The molecule has 2 N–H and O–H groups in total. The highest BCUT2D eigenvalue weighted by atomic mass is 19.1. The Hall–Kier alpha value is -2.10. The molecule has 0 saturated carbocycles. The van der Waals surface area contributed by atoms with Crippen molar-refractivity contribution in [3.63, 3.8) is 0 Å². The fraction of sp³-hybridized carbons (Fsp3) is 0.214. The Morgan fingerprint density at radius 1 is 1.22 bits per heavy atom. The molecule has 0 aliphatic carbocycles. The molecule has 1 aromatic heterocycles. The average molecular weight is 246 g/mol. The van der Waals surface area contributed by atoms with Crippen molar-refractivity contribution in [2.45, 2.75) is 20.4 Å². The lowest BCUT2D eigenvalue weighted by Gasteiger charge is -2.10. The van der Waals surface area contributed by atoms with E-state index in [-0.39, 0.29) is 11.4 Å². The largest absolute Gasteiger partial charge is 0.397 e. The summed E-state index contributed by atoms with van der Waals surface area (Å²) in [5, 5.41) is 0. The van der Waals surface area contributed by atoms with E-state index in [4.69, 9.17) is 5.73 Å². The summed E-state index contributed by atoms with van der Waals surface area (Å²) in [5.41, 5.74) is 8.68. The van der Waals surface area contributed by atoms with Crippen molar-refractivity contribution in [3.8, 4) is 0 Å². The average Bonchev–Trinajstić information content (AvgIpc) is 2.30. The summed E-state index contributed by atoms with van der Waals surface area (Å²) >= 11 is 0. The highest BCUT2D eigenvalue weighted by Crippen LogP contribution is 2.12. The molecule has 0 saturated heterocycles. The molecule has 3 nitrogen and oxygen atoms in total. The van der Waals surface area contributed by atoms with Gasteiger partial charge in [0.2, 0.25) is 0 Å². The van der Waals surface area contributed by atoms with Crippen molar-refractivity contribution in [1.82, 2.24) is 4.57 Å². The van der Waals surface area contributed by atoms with Gasteiger partial charge in [0, 0.05) is 12.3 Å². The number of hydrogen-bond donors (Lipinski definition) is 1. The molecule has 0 aliphatic rings. The molecule has 0 bridgehead atoms. The maximum Gasteiger partial charge on any atom is 0.251 e. The van der Waals surface area contributed by atoms with E-state index in [9.17, 15) is 9.18 Å². The first-order chi connectivity index (χ1) is 8.47. The maximum absolute atomic E-state index is 13.2. The van der Waals surface area contributed by atoms with Gasteiger partial charge in [-0.25, -0.2) is 4.39 Å². The molecule has 0 amide bonds. The first-order valence-corrected chi connectivity index (χ1v) is 5.69. The number of benzene rings is 1. The topological polar surface area (TPSA) is 48.0 Å². The minimum absolute atomic E-state index is 0.134. The zero-order valence-electron chi connectivity index (χ0n) is 10.4. The zero-order valence-corrected chi connectivity index (χ0v) is 10.4. The van der Waals surface area contributed by atoms with Crippen LogP contribution in [0.2, 0.25) is 0 Å². The van der Waals surface area contributed by atoms with Gasteiger partial charge in [-0.05, 0) is 42.7 Å². The third kappa shape index (κ3) is 2.42. The Morgan fingerprint density at radius 3 is 2.67 bits per heavy atom. The fourth-order valence-electron chi connectivity index (χ4n) is 1.80. The van der Waals surface area contributed by atoms with Crippen LogP contribution in [0.15, 0.2) is 35.3 Å². The molecule has 4 heteroatoms. The van der Waals surface area contributed by atoms with E-state index in [0.717, 1.165) is 16.7 Å². The summed E-state index contributed by atoms with van der Waals surface area (Å²) in [4.78, 5) is 11.8. The highest BCUT2D eigenvalue weighted by molar-refractivity contribution is 5.43. The van der Waals surface area contributed by atoms with Crippen LogP contribution in [-0.2, 0) is 6.54 Å². The molecule has 2 aromatic rings. The van der Waals surface area contributed by atoms with E-state index < -0.39 is 0 Å². The lowest BCUT2D eigenvalue weighted by atomic mass is 10.1. The van der Waals surface area contributed by atoms with E-state index in [1.165, 1.54) is 22.8 Å². The Bertz CT molecular complexity index is 647. The third-order valence-electron chi connectivity index (χ3n) is 3.03. The van der Waals surface area contributed by atoms with Crippen molar-refractivity contribution < 1.29 is 4.39 Å². The van der Waals surface area contributed by atoms with Crippen LogP contribution >= 0.6 is 0 Å². The van der Waals surface area contributed by atoms with Crippen LogP contribution in [0.1, 0.15) is 16.7 Å². The molecule has 0 fully saturated rings. The van der Waals surface area contributed by atoms with Crippen molar-refractivity contribution in [2.75, 3.05) is 5.73 Å². The standard InChI is InChI=1S/C14H15FN2O/c1-9-3-4-12(15)6-11(9)7-17-8-13(16)10(2)5-14(17)18/h3-6,8H,7,16H2,1-2H3. The molecule has 1 aromatic carbocycles. The molecule has 0 aliphatic heterocycles. The minimum atomic E-state index is -0.302. The van der Waals surface area contributed by atoms with Crippen LogP contribution in [0.3, 0.4) is 0 Å². The van der Waals surface area contributed by atoms with Gasteiger partial charge in [0.05, 0.1) is 12.2 Å². The minimum Gasteiger partial charge on any atom is -0.397 e. The first-order valence-electron chi connectivity index (χ1n) is 5.69. The number of nitrogens with zero attached hydrogens (tertiary/aromatic N) is 1. The number of halogens is 1. The predicted molar refractivity (Wildman–Crippen MR) is 70.1 cm³/mol. The van der Waals surface area contributed by atoms with Crippen LogP contribution in [-0.4, -0.2) is 4.57 Å². The number of rotatable bonds is 2. The molecule has 0 radical (unpaired) electrons. The summed E-state index contributed by atoms with van der Waals surface area (Å²) in [6, 6.07) is 6.04. The van der Waals surface area contributed by atoms with Crippen molar-refractivity contribution in [2.24, 2.45) is 0 Å². The lowest BCUT2D eigenvalue weighted by Crippen LogP contribution is -2.21. The number of aryl methyl sites for hydroxylation is 2. The van der Waals surface area contributed by atoms with Gasteiger partial charge in [0.15, 0.2) is 0 Å². The van der Waals surface area contributed by atoms with Crippen LogP contribution in [0.4, 0.5) is 10.1 Å². The summed E-state index contributed by atoms with van der Waals surface area (Å²) < 4.78 is 14.7.